The molecule has 0 bridgehead atoms. The number of carboxylic acids is 1. The highest BCUT2D eigenvalue weighted by atomic mass is 32.2. The van der Waals surface area contributed by atoms with Gasteiger partial charge in [-0.1, -0.05) is 0 Å². The summed E-state index contributed by atoms with van der Waals surface area (Å²) in [5.41, 5.74) is -1.51. The predicted molar refractivity (Wildman–Crippen MR) is 72.0 cm³/mol. The van der Waals surface area contributed by atoms with Crippen LogP contribution in [0.4, 0.5) is 14.5 Å². The van der Waals surface area contributed by atoms with E-state index in [1.807, 2.05) is 4.72 Å². The maximum Gasteiger partial charge on any atom is 0.338 e. The minimum absolute atomic E-state index is 0.227. The van der Waals surface area contributed by atoms with Crippen LogP contribution in [0, 0.1) is 11.6 Å². The number of hydrogen-bond acceptors (Lipinski definition) is 4. The molecule has 0 fully saturated rings. The lowest BCUT2D eigenvalue weighted by Gasteiger charge is -2.09. The van der Waals surface area contributed by atoms with Crippen molar-refractivity contribution in [1.82, 2.24) is 9.78 Å². The summed E-state index contributed by atoms with van der Waals surface area (Å²) in [7, 11) is -4.17. The first kappa shape index (κ1) is 15.9. The Bertz CT molecular complexity index is 833. The van der Waals surface area contributed by atoms with Crippen molar-refractivity contribution >= 4 is 21.7 Å². The van der Waals surface area contributed by atoms with Gasteiger partial charge in [-0.2, -0.15) is 5.10 Å². The Kier molecular flexibility index (Phi) is 4.13. The smallest absolute Gasteiger partial charge is 0.338 e. The average Bonchev–Trinajstić information content (AvgIpc) is 2.91. The van der Waals surface area contributed by atoms with Crippen LogP contribution in [0.5, 0.6) is 0 Å². The van der Waals surface area contributed by atoms with E-state index in [9.17, 15) is 22.0 Å². The predicted octanol–water partition coefficient (Wildman–Crippen LogP) is 1.68. The minimum Gasteiger partial charge on any atom is -0.478 e. The van der Waals surface area contributed by atoms with Crippen LogP contribution >= 0.6 is 0 Å². The Hall–Kier alpha value is -2.49. The molecule has 22 heavy (non-hydrogen) atoms. The normalized spacial score (nSPS) is 11.4. The van der Waals surface area contributed by atoms with Gasteiger partial charge in [0.2, 0.25) is 0 Å². The Labute approximate surface area is 124 Å². The molecule has 2 rings (SSSR count). The van der Waals surface area contributed by atoms with E-state index < -0.39 is 38.9 Å². The lowest BCUT2D eigenvalue weighted by molar-refractivity contribution is 0.0692. The van der Waals surface area contributed by atoms with Gasteiger partial charge in [-0.15, -0.1) is 0 Å². The number of rotatable bonds is 5. The third kappa shape index (κ3) is 3.06. The first-order valence-corrected chi connectivity index (χ1v) is 7.50. The number of hydrogen-bond donors (Lipinski definition) is 2. The number of halogens is 2. The van der Waals surface area contributed by atoms with E-state index in [4.69, 9.17) is 5.11 Å². The van der Waals surface area contributed by atoms with Gasteiger partial charge in [0.05, 0.1) is 17.4 Å². The van der Waals surface area contributed by atoms with Gasteiger partial charge >= 0.3 is 5.97 Å². The van der Waals surface area contributed by atoms with Crippen molar-refractivity contribution in [2.45, 2.75) is 18.4 Å². The molecule has 0 aliphatic carbocycles. The van der Waals surface area contributed by atoms with E-state index in [-0.39, 0.29) is 4.90 Å². The Morgan fingerprint density at radius 1 is 1.36 bits per heavy atom. The van der Waals surface area contributed by atoms with Crippen LogP contribution in [0.2, 0.25) is 0 Å². The van der Waals surface area contributed by atoms with Gasteiger partial charge in [-0.05, 0) is 13.0 Å². The van der Waals surface area contributed by atoms with Crippen molar-refractivity contribution in [3.8, 4) is 0 Å². The number of aromatic nitrogens is 2. The lowest BCUT2D eigenvalue weighted by Crippen LogP contribution is -2.15. The summed E-state index contributed by atoms with van der Waals surface area (Å²) < 4.78 is 54.3. The molecule has 0 atom stereocenters. The summed E-state index contributed by atoms with van der Waals surface area (Å²) in [4.78, 5) is 10.6. The zero-order valence-corrected chi connectivity index (χ0v) is 12.1. The number of anilines is 1. The van der Waals surface area contributed by atoms with E-state index in [0.29, 0.717) is 18.7 Å². The van der Waals surface area contributed by atoms with E-state index >= 15 is 0 Å². The number of carboxylic acid groups (broad SMARTS) is 1. The van der Waals surface area contributed by atoms with E-state index in [2.05, 4.69) is 5.10 Å². The van der Waals surface area contributed by atoms with Gasteiger partial charge < -0.3 is 5.11 Å². The van der Waals surface area contributed by atoms with Gasteiger partial charge in [0, 0.05) is 18.8 Å². The number of nitrogens with one attached hydrogen (secondary N) is 1. The minimum atomic E-state index is -4.17. The summed E-state index contributed by atoms with van der Waals surface area (Å²) >= 11 is 0. The van der Waals surface area contributed by atoms with Gasteiger partial charge in [0.25, 0.3) is 10.0 Å². The second kappa shape index (κ2) is 5.72. The van der Waals surface area contributed by atoms with Crippen LogP contribution in [0.15, 0.2) is 29.4 Å². The van der Waals surface area contributed by atoms with Gasteiger partial charge in [-0.25, -0.2) is 22.0 Å². The highest BCUT2D eigenvalue weighted by Gasteiger charge is 2.21. The van der Waals surface area contributed by atoms with Crippen LogP contribution in [-0.2, 0) is 16.6 Å². The van der Waals surface area contributed by atoms with Crippen molar-refractivity contribution in [1.29, 1.82) is 0 Å². The second-order valence-corrected chi connectivity index (χ2v) is 5.94. The van der Waals surface area contributed by atoms with Crippen LogP contribution in [0.3, 0.4) is 0 Å². The van der Waals surface area contributed by atoms with Gasteiger partial charge in [0.15, 0.2) is 0 Å². The first-order valence-electron chi connectivity index (χ1n) is 6.02. The largest absolute Gasteiger partial charge is 0.478 e. The fourth-order valence-corrected chi connectivity index (χ4v) is 2.66. The van der Waals surface area contributed by atoms with E-state index in [0.717, 1.165) is 6.20 Å². The van der Waals surface area contributed by atoms with Crippen molar-refractivity contribution in [3.05, 3.63) is 41.7 Å². The third-order valence-corrected chi connectivity index (χ3v) is 4.10. The summed E-state index contributed by atoms with van der Waals surface area (Å²) in [5, 5.41) is 12.6. The van der Waals surface area contributed by atoms with E-state index in [1.54, 1.807) is 6.92 Å². The average molecular weight is 331 g/mol. The first-order chi connectivity index (χ1) is 10.2. The van der Waals surface area contributed by atoms with Crippen LogP contribution < -0.4 is 4.72 Å². The number of nitrogens with zero attached hydrogens (tertiary/aromatic N) is 2. The molecule has 1 aromatic heterocycles. The standard InChI is InChI=1S/C12H11F2N3O4S/c1-2-17-6-7(5-15-17)22(20,21)16-11-3-8(12(18)19)9(13)4-10(11)14/h3-6,16H,2H2,1H3,(H,18,19). The second-order valence-electron chi connectivity index (χ2n) is 4.25. The molecule has 0 saturated carbocycles. The highest BCUT2D eigenvalue weighted by Crippen LogP contribution is 2.22. The maximum absolute atomic E-state index is 13.6. The summed E-state index contributed by atoms with van der Waals surface area (Å²) in [6.07, 6.45) is 2.28. The van der Waals surface area contributed by atoms with Crippen LogP contribution in [-0.4, -0.2) is 29.3 Å². The van der Waals surface area contributed by atoms with Crippen LogP contribution in [0.25, 0.3) is 0 Å². The Morgan fingerprint density at radius 2 is 2.05 bits per heavy atom. The molecular formula is C12H11F2N3O4S. The zero-order chi connectivity index (χ0) is 16.5. The van der Waals surface area contributed by atoms with Crippen LogP contribution in [0.1, 0.15) is 17.3 Å². The quantitative estimate of drug-likeness (QED) is 0.868. The number of benzene rings is 1. The molecule has 118 valence electrons. The maximum atomic E-state index is 13.6. The third-order valence-electron chi connectivity index (χ3n) is 2.78. The highest BCUT2D eigenvalue weighted by molar-refractivity contribution is 7.92. The molecule has 2 aromatic rings. The van der Waals surface area contributed by atoms with Gasteiger partial charge in [0.1, 0.15) is 16.5 Å². The molecule has 0 saturated heterocycles. The number of aromatic carboxylic acids is 1. The van der Waals surface area contributed by atoms with E-state index in [1.165, 1.54) is 10.9 Å². The summed E-state index contributed by atoms with van der Waals surface area (Å²) in [6.45, 7) is 2.18. The van der Waals surface area contributed by atoms with Crippen molar-refractivity contribution in [2.75, 3.05) is 4.72 Å². The molecule has 0 spiro atoms. The molecule has 10 heteroatoms. The molecule has 1 heterocycles. The lowest BCUT2D eigenvalue weighted by atomic mass is 10.2. The van der Waals surface area contributed by atoms with Crippen molar-refractivity contribution < 1.29 is 27.1 Å². The fraction of sp³-hybridized carbons (Fsp3) is 0.167. The Balaban J connectivity index is 2.41. The Morgan fingerprint density at radius 3 is 2.59 bits per heavy atom. The zero-order valence-electron chi connectivity index (χ0n) is 11.2. The number of carbonyl (C=O) groups is 1. The summed E-state index contributed by atoms with van der Waals surface area (Å²) in [5.74, 6) is -4.17. The molecule has 0 unspecified atom stereocenters. The SMILES string of the molecule is CCn1cc(S(=O)(=O)Nc2cc(C(=O)O)c(F)cc2F)cn1. The van der Waals surface area contributed by atoms with Crippen molar-refractivity contribution in [3.63, 3.8) is 0 Å². The molecule has 1 aromatic carbocycles. The van der Waals surface area contributed by atoms with Gasteiger partial charge in [-0.3, -0.25) is 9.40 Å². The summed E-state index contributed by atoms with van der Waals surface area (Å²) in [6, 6.07) is 0.881. The monoisotopic (exact) mass is 331 g/mol. The topological polar surface area (TPSA) is 101 Å². The molecule has 0 radical (unpaired) electrons. The molecule has 0 aliphatic heterocycles. The molecule has 7 nitrogen and oxygen atoms in total. The van der Waals surface area contributed by atoms with Crippen molar-refractivity contribution in [2.24, 2.45) is 0 Å². The number of sulfonamides is 1. The molecule has 0 aliphatic rings. The molecule has 0 amide bonds. The molecule has 2 N–H and O–H groups in total. The molecular weight excluding hydrogens is 320 g/mol. The number of aryl methyl sites for hydroxylation is 1. The fourth-order valence-electron chi connectivity index (χ4n) is 1.65.